The predicted octanol–water partition coefficient (Wildman–Crippen LogP) is 2.85. The van der Waals surface area contributed by atoms with Crippen LogP contribution in [0, 0.1) is 6.92 Å². The van der Waals surface area contributed by atoms with Crippen molar-refractivity contribution in [3.8, 4) is 5.88 Å². The number of aliphatic imine (C=N–C) groups is 1. The van der Waals surface area contributed by atoms with E-state index in [4.69, 9.17) is 23.2 Å². The molecule has 0 unspecified atom stereocenters. The van der Waals surface area contributed by atoms with E-state index in [1.165, 1.54) is 13.1 Å². The number of rotatable bonds is 3. The second-order valence-corrected chi connectivity index (χ2v) is 4.09. The van der Waals surface area contributed by atoms with Crippen molar-refractivity contribution in [2.75, 3.05) is 0 Å². The quantitative estimate of drug-likeness (QED) is 0.873. The van der Waals surface area contributed by atoms with E-state index in [0.717, 1.165) is 10.8 Å². The summed E-state index contributed by atoms with van der Waals surface area (Å²) in [5, 5.41) is 8.31. The standard InChI is InChI=1S/C11H10Cl2FN3O2/c1-3-4-15-9(13)7(14)5-17-6(2)16-10(18)8(12)11(17)19/h3-5,18H,1-2H3/b4-3+,7-5-,15-9-. The van der Waals surface area contributed by atoms with Crippen molar-refractivity contribution in [1.29, 1.82) is 0 Å². The fourth-order valence-corrected chi connectivity index (χ4v) is 1.36. The highest BCUT2D eigenvalue weighted by Gasteiger charge is 2.12. The summed E-state index contributed by atoms with van der Waals surface area (Å²) in [6.07, 6.45) is 3.66. The first-order valence-corrected chi connectivity index (χ1v) is 5.83. The topological polar surface area (TPSA) is 67.5 Å². The van der Waals surface area contributed by atoms with Crippen molar-refractivity contribution in [2.45, 2.75) is 13.8 Å². The van der Waals surface area contributed by atoms with Gasteiger partial charge in [-0.05, 0) is 13.8 Å². The minimum atomic E-state index is -0.937. The zero-order valence-corrected chi connectivity index (χ0v) is 11.6. The molecule has 1 aromatic heterocycles. The Morgan fingerprint density at radius 1 is 1.58 bits per heavy atom. The van der Waals surface area contributed by atoms with E-state index in [9.17, 15) is 14.3 Å². The molecule has 5 nitrogen and oxygen atoms in total. The van der Waals surface area contributed by atoms with E-state index < -0.39 is 27.5 Å². The van der Waals surface area contributed by atoms with Gasteiger partial charge in [0, 0.05) is 6.20 Å². The number of aromatic nitrogens is 2. The van der Waals surface area contributed by atoms with Gasteiger partial charge in [0.25, 0.3) is 5.56 Å². The number of hydrogen-bond donors (Lipinski definition) is 1. The van der Waals surface area contributed by atoms with Crippen LogP contribution in [0.3, 0.4) is 0 Å². The Labute approximate surface area is 118 Å². The lowest BCUT2D eigenvalue weighted by atomic mass is 10.5. The smallest absolute Gasteiger partial charge is 0.280 e. The van der Waals surface area contributed by atoms with Crippen LogP contribution in [0.5, 0.6) is 5.88 Å². The summed E-state index contributed by atoms with van der Waals surface area (Å²) in [7, 11) is 0. The molecule has 1 aromatic rings. The summed E-state index contributed by atoms with van der Waals surface area (Å²) in [5.74, 6) is -1.49. The molecule has 0 spiro atoms. The predicted molar refractivity (Wildman–Crippen MR) is 73.4 cm³/mol. The Bertz CT molecular complexity index is 636. The van der Waals surface area contributed by atoms with Gasteiger partial charge in [-0.2, -0.15) is 4.98 Å². The molecule has 102 valence electrons. The van der Waals surface area contributed by atoms with Crippen molar-refractivity contribution in [3.63, 3.8) is 0 Å². The van der Waals surface area contributed by atoms with Crippen molar-refractivity contribution in [1.82, 2.24) is 9.55 Å². The van der Waals surface area contributed by atoms with Gasteiger partial charge in [0.15, 0.2) is 16.0 Å². The summed E-state index contributed by atoms with van der Waals surface area (Å²) in [6, 6.07) is 0. The minimum Gasteiger partial charge on any atom is -0.492 e. The molecule has 0 radical (unpaired) electrons. The molecule has 0 saturated carbocycles. The van der Waals surface area contributed by atoms with E-state index in [-0.39, 0.29) is 5.82 Å². The zero-order chi connectivity index (χ0) is 14.6. The van der Waals surface area contributed by atoms with Crippen LogP contribution in [0.4, 0.5) is 4.39 Å². The zero-order valence-electron chi connectivity index (χ0n) is 10.1. The molecule has 0 fully saturated rings. The normalized spacial score (nSPS) is 13.3. The van der Waals surface area contributed by atoms with Gasteiger partial charge < -0.3 is 5.11 Å². The summed E-state index contributed by atoms with van der Waals surface area (Å²) in [6.45, 7) is 3.09. The van der Waals surface area contributed by atoms with Crippen molar-refractivity contribution >= 4 is 34.6 Å². The van der Waals surface area contributed by atoms with E-state index in [1.54, 1.807) is 13.0 Å². The summed E-state index contributed by atoms with van der Waals surface area (Å²) < 4.78 is 14.5. The summed E-state index contributed by atoms with van der Waals surface area (Å²) >= 11 is 11.1. The molecule has 0 aliphatic rings. The third kappa shape index (κ3) is 3.65. The summed E-state index contributed by atoms with van der Waals surface area (Å²) in [4.78, 5) is 18.9. The van der Waals surface area contributed by atoms with Gasteiger partial charge in [0.2, 0.25) is 5.88 Å². The van der Waals surface area contributed by atoms with Crippen molar-refractivity contribution in [2.24, 2.45) is 4.99 Å². The third-order valence-corrected chi connectivity index (χ3v) is 2.60. The monoisotopic (exact) mass is 305 g/mol. The maximum Gasteiger partial charge on any atom is 0.280 e. The van der Waals surface area contributed by atoms with Crippen molar-refractivity contribution in [3.05, 3.63) is 39.3 Å². The fourth-order valence-electron chi connectivity index (χ4n) is 1.12. The largest absolute Gasteiger partial charge is 0.492 e. The van der Waals surface area contributed by atoms with Gasteiger partial charge in [-0.15, -0.1) is 0 Å². The second-order valence-electron chi connectivity index (χ2n) is 3.35. The van der Waals surface area contributed by atoms with Crippen LogP contribution in [0.2, 0.25) is 5.02 Å². The number of hydrogen-bond acceptors (Lipinski definition) is 4. The van der Waals surface area contributed by atoms with Crippen LogP contribution in [-0.2, 0) is 0 Å². The molecule has 1 rings (SSSR count). The Morgan fingerprint density at radius 2 is 2.21 bits per heavy atom. The first-order chi connectivity index (χ1) is 8.88. The van der Waals surface area contributed by atoms with Gasteiger partial charge in [0.1, 0.15) is 5.82 Å². The van der Waals surface area contributed by atoms with E-state index in [0.29, 0.717) is 0 Å². The molecule has 8 heteroatoms. The third-order valence-electron chi connectivity index (χ3n) is 2.00. The average Bonchev–Trinajstić information content (AvgIpc) is 2.38. The van der Waals surface area contributed by atoms with Gasteiger partial charge in [-0.25, -0.2) is 9.38 Å². The molecule has 0 aromatic carbocycles. The van der Waals surface area contributed by atoms with Gasteiger partial charge in [-0.3, -0.25) is 9.36 Å². The van der Waals surface area contributed by atoms with Crippen LogP contribution < -0.4 is 5.56 Å². The lowest BCUT2D eigenvalue weighted by Gasteiger charge is -2.05. The number of allylic oxidation sites excluding steroid dienone is 2. The molecule has 0 atom stereocenters. The molecule has 0 saturated heterocycles. The van der Waals surface area contributed by atoms with Crippen LogP contribution in [-0.4, -0.2) is 19.8 Å². The average molecular weight is 306 g/mol. The SMILES string of the molecule is C/C=C/N=C(Cl)/C(F)=C/n1c(C)nc(O)c(Cl)c1=O. The molecular weight excluding hydrogens is 296 g/mol. The van der Waals surface area contributed by atoms with E-state index in [1.807, 2.05) is 0 Å². The van der Waals surface area contributed by atoms with Gasteiger partial charge in [0.05, 0.1) is 6.20 Å². The molecular formula is C11H10Cl2FN3O2. The lowest BCUT2D eigenvalue weighted by molar-refractivity contribution is 0.447. The van der Waals surface area contributed by atoms with Crippen LogP contribution >= 0.6 is 23.2 Å². The second kappa shape index (κ2) is 6.49. The Morgan fingerprint density at radius 3 is 2.79 bits per heavy atom. The minimum absolute atomic E-state index is 0.0533. The van der Waals surface area contributed by atoms with E-state index >= 15 is 0 Å². The molecule has 0 amide bonds. The Kier molecular flexibility index (Phi) is 5.26. The fraction of sp³-hybridized carbons (Fsp3) is 0.182. The number of nitrogens with zero attached hydrogens (tertiary/aromatic N) is 3. The molecule has 0 aliphatic heterocycles. The van der Waals surface area contributed by atoms with E-state index in [2.05, 4.69) is 9.98 Å². The highest BCUT2D eigenvalue weighted by molar-refractivity contribution is 6.69. The molecule has 19 heavy (non-hydrogen) atoms. The van der Waals surface area contributed by atoms with Crippen LogP contribution in [0.1, 0.15) is 12.7 Å². The number of aromatic hydroxyl groups is 1. The summed E-state index contributed by atoms with van der Waals surface area (Å²) in [5.41, 5.74) is -0.808. The lowest BCUT2D eigenvalue weighted by Crippen LogP contribution is -2.20. The van der Waals surface area contributed by atoms with Gasteiger partial charge >= 0.3 is 0 Å². The highest BCUT2D eigenvalue weighted by Crippen LogP contribution is 2.16. The van der Waals surface area contributed by atoms with Crippen molar-refractivity contribution < 1.29 is 9.50 Å². The maximum atomic E-state index is 13.7. The van der Waals surface area contributed by atoms with Crippen LogP contribution in [0.15, 0.2) is 27.9 Å². The molecule has 0 aliphatic carbocycles. The Balaban J connectivity index is 3.34. The molecule has 0 bridgehead atoms. The maximum absolute atomic E-state index is 13.7. The van der Waals surface area contributed by atoms with Crippen LogP contribution in [0.25, 0.3) is 6.20 Å². The first kappa shape index (κ1) is 15.4. The number of aryl methyl sites for hydroxylation is 1. The molecule has 1 N–H and O–H groups in total. The molecule has 1 heterocycles. The first-order valence-electron chi connectivity index (χ1n) is 5.08. The Hall–Kier alpha value is -1.66. The number of halogens is 3. The highest BCUT2D eigenvalue weighted by atomic mass is 35.5. The van der Waals surface area contributed by atoms with Gasteiger partial charge in [-0.1, -0.05) is 29.3 Å².